The van der Waals surface area contributed by atoms with Crippen molar-refractivity contribution < 1.29 is 9.53 Å². The molecule has 4 heteroatoms. The van der Waals surface area contributed by atoms with Gasteiger partial charge >= 0.3 is 0 Å². The van der Waals surface area contributed by atoms with Crippen LogP contribution in [0.15, 0.2) is 0 Å². The van der Waals surface area contributed by atoms with Crippen LogP contribution in [0.5, 0.6) is 0 Å². The van der Waals surface area contributed by atoms with E-state index in [1.54, 1.807) is 0 Å². The number of rotatable bonds is 4. The molecule has 0 bridgehead atoms. The van der Waals surface area contributed by atoms with E-state index in [1.165, 1.54) is 12.8 Å². The van der Waals surface area contributed by atoms with Gasteiger partial charge in [0, 0.05) is 25.7 Å². The van der Waals surface area contributed by atoms with E-state index in [2.05, 4.69) is 0 Å². The lowest BCUT2D eigenvalue weighted by Gasteiger charge is -2.33. The van der Waals surface area contributed by atoms with Crippen LogP contribution in [0.3, 0.4) is 0 Å². The van der Waals surface area contributed by atoms with Crippen molar-refractivity contribution in [3.8, 4) is 0 Å². The third kappa shape index (κ3) is 3.19. The smallest absolute Gasteiger partial charge is 0.251 e. The van der Waals surface area contributed by atoms with Crippen molar-refractivity contribution in [3.05, 3.63) is 0 Å². The number of carbonyl (C=O) groups excluding carboxylic acids is 1. The topological polar surface area (TPSA) is 55.6 Å². The van der Waals surface area contributed by atoms with Crippen molar-refractivity contribution in [1.82, 2.24) is 4.90 Å². The zero-order valence-corrected chi connectivity index (χ0v) is 10.6. The maximum atomic E-state index is 12.4. The van der Waals surface area contributed by atoms with Gasteiger partial charge in [0.25, 0.3) is 5.91 Å². The molecule has 1 aliphatic carbocycles. The molecule has 4 nitrogen and oxygen atoms in total. The van der Waals surface area contributed by atoms with Crippen LogP contribution in [0.4, 0.5) is 0 Å². The minimum Gasteiger partial charge on any atom is -0.368 e. The molecule has 0 spiro atoms. The van der Waals surface area contributed by atoms with Crippen LogP contribution in [0.1, 0.15) is 44.9 Å². The molecule has 17 heavy (non-hydrogen) atoms. The first kappa shape index (κ1) is 12.8. The number of carbonyl (C=O) groups is 1. The third-order valence-corrected chi connectivity index (χ3v) is 3.87. The number of hydrogen-bond donors (Lipinski definition) is 1. The number of hydrogen-bond acceptors (Lipinski definition) is 3. The minimum atomic E-state index is -0.198. The predicted molar refractivity (Wildman–Crippen MR) is 66.6 cm³/mol. The average molecular weight is 240 g/mol. The Morgan fingerprint density at radius 2 is 1.88 bits per heavy atom. The Morgan fingerprint density at radius 3 is 2.47 bits per heavy atom. The Balaban J connectivity index is 1.95. The molecule has 0 radical (unpaired) electrons. The van der Waals surface area contributed by atoms with E-state index in [4.69, 9.17) is 10.5 Å². The Bertz CT molecular complexity index is 246. The van der Waals surface area contributed by atoms with E-state index < -0.39 is 0 Å². The maximum absolute atomic E-state index is 12.4. The van der Waals surface area contributed by atoms with Gasteiger partial charge in [0.1, 0.15) is 6.10 Å². The summed E-state index contributed by atoms with van der Waals surface area (Å²) in [6.45, 7) is 1.97. The first-order valence-corrected chi connectivity index (χ1v) is 6.95. The van der Waals surface area contributed by atoms with Crippen molar-refractivity contribution in [2.24, 2.45) is 5.73 Å². The monoisotopic (exact) mass is 240 g/mol. The van der Waals surface area contributed by atoms with Gasteiger partial charge in [-0.3, -0.25) is 4.79 Å². The fraction of sp³-hybridized carbons (Fsp3) is 0.923. The summed E-state index contributed by atoms with van der Waals surface area (Å²) in [6, 6.07) is 0.413. The molecule has 0 aromatic carbocycles. The lowest BCUT2D eigenvalue weighted by Crippen LogP contribution is -2.48. The summed E-state index contributed by atoms with van der Waals surface area (Å²) in [5.74, 6) is 0.182. The Morgan fingerprint density at radius 1 is 1.18 bits per heavy atom. The van der Waals surface area contributed by atoms with Crippen molar-refractivity contribution in [3.63, 3.8) is 0 Å². The van der Waals surface area contributed by atoms with Gasteiger partial charge in [0.15, 0.2) is 0 Å². The van der Waals surface area contributed by atoms with E-state index in [-0.39, 0.29) is 12.0 Å². The summed E-state index contributed by atoms with van der Waals surface area (Å²) in [7, 11) is 0. The van der Waals surface area contributed by atoms with Crippen LogP contribution < -0.4 is 5.73 Å². The van der Waals surface area contributed by atoms with E-state index in [1.807, 2.05) is 4.90 Å². The second kappa shape index (κ2) is 6.36. The van der Waals surface area contributed by atoms with Crippen molar-refractivity contribution in [2.45, 2.75) is 57.1 Å². The maximum Gasteiger partial charge on any atom is 0.251 e. The molecule has 0 aromatic heterocycles. The molecule has 2 aliphatic rings. The Hall–Kier alpha value is -0.610. The van der Waals surface area contributed by atoms with Gasteiger partial charge in [0.05, 0.1) is 0 Å². The molecular weight excluding hydrogens is 216 g/mol. The van der Waals surface area contributed by atoms with Gasteiger partial charge in [-0.2, -0.15) is 0 Å². The molecule has 98 valence electrons. The largest absolute Gasteiger partial charge is 0.368 e. The second-order valence-corrected chi connectivity index (χ2v) is 5.11. The highest BCUT2D eigenvalue weighted by Crippen LogP contribution is 2.25. The summed E-state index contributed by atoms with van der Waals surface area (Å²) < 4.78 is 5.59. The zero-order chi connectivity index (χ0) is 12.1. The summed E-state index contributed by atoms with van der Waals surface area (Å²) >= 11 is 0. The molecular formula is C13H24N2O2. The third-order valence-electron chi connectivity index (χ3n) is 3.87. The van der Waals surface area contributed by atoms with Crippen molar-refractivity contribution >= 4 is 5.91 Å². The zero-order valence-electron chi connectivity index (χ0n) is 10.6. The Labute approximate surface area is 103 Å². The normalized spacial score (nSPS) is 26.1. The highest BCUT2D eigenvalue weighted by atomic mass is 16.5. The SMILES string of the molecule is NCCN(C(=O)C1CCCCO1)C1CCCC1. The van der Waals surface area contributed by atoms with Crippen LogP contribution in [0.25, 0.3) is 0 Å². The van der Waals surface area contributed by atoms with Crippen LogP contribution in [-0.2, 0) is 9.53 Å². The van der Waals surface area contributed by atoms with Gasteiger partial charge in [-0.15, -0.1) is 0 Å². The fourth-order valence-electron chi connectivity index (χ4n) is 2.95. The van der Waals surface area contributed by atoms with E-state index in [0.717, 1.165) is 38.7 Å². The highest BCUT2D eigenvalue weighted by Gasteiger charge is 2.32. The molecule has 2 rings (SSSR count). The first-order chi connectivity index (χ1) is 8.33. The first-order valence-electron chi connectivity index (χ1n) is 6.95. The van der Waals surface area contributed by atoms with Crippen molar-refractivity contribution in [2.75, 3.05) is 19.7 Å². The lowest BCUT2D eigenvalue weighted by molar-refractivity contribution is -0.148. The highest BCUT2D eigenvalue weighted by molar-refractivity contribution is 5.81. The van der Waals surface area contributed by atoms with Crippen LogP contribution in [0, 0.1) is 0 Å². The molecule has 1 saturated heterocycles. The average Bonchev–Trinajstić information content (AvgIpc) is 2.90. The van der Waals surface area contributed by atoms with E-state index in [9.17, 15) is 4.79 Å². The number of ether oxygens (including phenoxy) is 1. The quantitative estimate of drug-likeness (QED) is 0.805. The predicted octanol–water partition coefficient (Wildman–Crippen LogP) is 1.29. The van der Waals surface area contributed by atoms with E-state index >= 15 is 0 Å². The number of nitrogens with zero attached hydrogens (tertiary/aromatic N) is 1. The Kier molecular flexibility index (Phi) is 4.80. The van der Waals surface area contributed by atoms with Gasteiger partial charge in [0.2, 0.25) is 0 Å². The van der Waals surface area contributed by atoms with Gasteiger partial charge in [-0.1, -0.05) is 12.8 Å². The standard InChI is InChI=1S/C13H24N2O2/c14-8-9-15(11-5-1-2-6-11)13(16)12-7-3-4-10-17-12/h11-12H,1-10,14H2. The van der Waals surface area contributed by atoms with Gasteiger partial charge in [-0.05, 0) is 32.1 Å². The molecule has 1 saturated carbocycles. The molecule has 2 N–H and O–H groups in total. The molecule has 2 fully saturated rings. The van der Waals surface area contributed by atoms with Crippen LogP contribution in [-0.4, -0.2) is 42.6 Å². The second-order valence-electron chi connectivity index (χ2n) is 5.11. The van der Waals surface area contributed by atoms with Gasteiger partial charge < -0.3 is 15.4 Å². The molecule has 1 aliphatic heterocycles. The summed E-state index contributed by atoms with van der Waals surface area (Å²) in [4.78, 5) is 14.4. The number of nitrogens with two attached hydrogens (primary N) is 1. The molecule has 1 atom stereocenters. The number of amides is 1. The molecule has 0 aromatic rings. The van der Waals surface area contributed by atoms with E-state index in [0.29, 0.717) is 19.1 Å². The summed E-state index contributed by atoms with van der Waals surface area (Å²) in [5, 5.41) is 0. The molecule has 1 amide bonds. The lowest BCUT2D eigenvalue weighted by atomic mass is 10.1. The van der Waals surface area contributed by atoms with Crippen LogP contribution >= 0.6 is 0 Å². The summed E-state index contributed by atoms with van der Waals surface area (Å²) in [6.07, 6.45) is 7.64. The summed E-state index contributed by atoms with van der Waals surface area (Å²) in [5.41, 5.74) is 5.63. The fourth-order valence-corrected chi connectivity index (χ4v) is 2.95. The minimum absolute atomic E-state index is 0.182. The van der Waals surface area contributed by atoms with Crippen molar-refractivity contribution in [1.29, 1.82) is 0 Å². The molecule has 1 heterocycles. The van der Waals surface area contributed by atoms with Gasteiger partial charge in [-0.25, -0.2) is 0 Å². The molecule has 1 unspecified atom stereocenters. The van der Waals surface area contributed by atoms with Crippen LogP contribution in [0.2, 0.25) is 0 Å².